The van der Waals surface area contributed by atoms with Crippen LogP contribution in [-0.4, -0.2) is 18.2 Å². The van der Waals surface area contributed by atoms with E-state index in [4.69, 9.17) is 11.6 Å². The van der Waals surface area contributed by atoms with E-state index in [1.54, 1.807) is 19.9 Å². The molecule has 0 spiro atoms. The molecule has 108 valence electrons. The van der Waals surface area contributed by atoms with Crippen molar-refractivity contribution >= 4 is 29.0 Å². The Balaban J connectivity index is 2.31. The molecule has 0 saturated carbocycles. The summed E-state index contributed by atoms with van der Waals surface area (Å²) in [7, 11) is 0. The van der Waals surface area contributed by atoms with Crippen LogP contribution in [-0.2, 0) is 9.59 Å². The zero-order valence-corrected chi connectivity index (χ0v) is 12.3. The third-order valence-corrected chi connectivity index (χ3v) is 3.95. The lowest BCUT2D eigenvalue weighted by molar-refractivity contribution is -0.135. The van der Waals surface area contributed by atoms with Crippen molar-refractivity contribution < 1.29 is 14.0 Å². The Labute approximate surface area is 122 Å². The first-order chi connectivity index (χ1) is 9.43. The largest absolute Gasteiger partial charge is 0.310 e. The molecule has 0 bridgehead atoms. The SMILES string of the molecule is CC(C)C(=O)[C@@H]1CCCN(c2cccc(F)c2Cl)C1=O. The number of Topliss-reactive ketones (excluding diaryl/α,β-unsaturated/α-hetero) is 1. The fourth-order valence-corrected chi connectivity index (χ4v) is 2.71. The van der Waals surface area contributed by atoms with Gasteiger partial charge in [-0.15, -0.1) is 0 Å². The van der Waals surface area contributed by atoms with Crippen LogP contribution in [0, 0.1) is 17.7 Å². The van der Waals surface area contributed by atoms with Crippen molar-refractivity contribution in [3.8, 4) is 0 Å². The van der Waals surface area contributed by atoms with E-state index in [2.05, 4.69) is 0 Å². The second kappa shape index (κ2) is 5.92. The van der Waals surface area contributed by atoms with Crippen LogP contribution < -0.4 is 4.90 Å². The van der Waals surface area contributed by atoms with E-state index >= 15 is 0 Å². The lowest BCUT2D eigenvalue weighted by atomic mass is 9.87. The number of hydrogen-bond acceptors (Lipinski definition) is 2. The van der Waals surface area contributed by atoms with Crippen LogP contribution in [0.1, 0.15) is 26.7 Å². The van der Waals surface area contributed by atoms with Gasteiger partial charge in [-0.05, 0) is 25.0 Å². The molecule has 1 amide bonds. The van der Waals surface area contributed by atoms with Crippen LogP contribution in [0.4, 0.5) is 10.1 Å². The summed E-state index contributed by atoms with van der Waals surface area (Å²) in [6, 6.07) is 4.36. The summed E-state index contributed by atoms with van der Waals surface area (Å²) in [5, 5.41) is -0.0708. The van der Waals surface area contributed by atoms with E-state index < -0.39 is 11.7 Å². The molecule has 20 heavy (non-hydrogen) atoms. The Morgan fingerprint density at radius 2 is 2.15 bits per heavy atom. The molecular weight excluding hydrogens is 281 g/mol. The quantitative estimate of drug-likeness (QED) is 0.801. The number of halogens is 2. The highest BCUT2D eigenvalue weighted by Crippen LogP contribution is 2.33. The number of rotatable bonds is 3. The summed E-state index contributed by atoms with van der Waals surface area (Å²) in [6.45, 7) is 4.03. The Morgan fingerprint density at radius 1 is 1.45 bits per heavy atom. The van der Waals surface area contributed by atoms with Crippen molar-refractivity contribution in [3.63, 3.8) is 0 Å². The molecule has 1 atom stereocenters. The summed E-state index contributed by atoms with van der Waals surface area (Å²) in [4.78, 5) is 26.0. The lowest BCUT2D eigenvalue weighted by Gasteiger charge is -2.32. The van der Waals surface area contributed by atoms with Crippen molar-refractivity contribution in [2.45, 2.75) is 26.7 Å². The Hall–Kier alpha value is -1.42. The maximum atomic E-state index is 13.5. The number of benzene rings is 1. The zero-order valence-electron chi connectivity index (χ0n) is 11.5. The number of carbonyl (C=O) groups is 2. The van der Waals surface area contributed by atoms with E-state index in [0.717, 1.165) is 0 Å². The number of nitrogens with zero attached hydrogens (tertiary/aromatic N) is 1. The fourth-order valence-electron chi connectivity index (χ4n) is 2.48. The maximum absolute atomic E-state index is 13.5. The first kappa shape index (κ1) is 15.0. The minimum Gasteiger partial charge on any atom is -0.310 e. The van der Waals surface area contributed by atoms with Gasteiger partial charge in [-0.2, -0.15) is 0 Å². The molecule has 1 heterocycles. The minimum atomic E-state index is -0.636. The van der Waals surface area contributed by atoms with E-state index in [-0.39, 0.29) is 22.6 Å². The molecule has 1 aliphatic heterocycles. The Morgan fingerprint density at radius 3 is 2.80 bits per heavy atom. The average Bonchev–Trinajstić information content (AvgIpc) is 2.42. The predicted octanol–water partition coefficient (Wildman–Crippen LogP) is 3.45. The summed E-state index contributed by atoms with van der Waals surface area (Å²) in [6.07, 6.45) is 1.26. The summed E-state index contributed by atoms with van der Waals surface area (Å²) < 4.78 is 13.5. The highest BCUT2D eigenvalue weighted by atomic mass is 35.5. The first-order valence-electron chi connectivity index (χ1n) is 6.72. The molecule has 1 aromatic rings. The molecule has 0 N–H and O–H groups in total. The van der Waals surface area contributed by atoms with E-state index in [1.165, 1.54) is 17.0 Å². The van der Waals surface area contributed by atoms with Crippen molar-refractivity contribution in [2.75, 3.05) is 11.4 Å². The van der Waals surface area contributed by atoms with Crippen molar-refractivity contribution in [1.82, 2.24) is 0 Å². The average molecular weight is 298 g/mol. The van der Waals surface area contributed by atoms with Crippen LogP contribution in [0.3, 0.4) is 0 Å². The smallest absolute Gasteiger partial charge is 0.237 e. The molecule has 1 fully saturated rings. The summed E-state index contributed by atoms with van der Waals surface area (Å²) in [5.41, 5.74) is 0.345. The topological polar surface area (TPSA) is 37.4 Å². The fraction of sp³-hybridized carbons (Fsp3) is 0.467. The standard InChI is InChI=1S/C15H17ClFNO2/c1-9(2)14(19)10-5-4-8-18(15(10)20)12-7-3-6-11(17)13(12)16/h3,6-7,9-10H,4-5,8H2,1-2H3/t10-/m0/s1. The normalized spacial score (nSPS) is 19.6. The van der Waals surface area contributed by atoms with Gasteiger partial charge in [0.25, 0.3) is 0 Å². The summed E-state index contributed by atoms with van der Waals surface area (Å²) >= 11 is 5.93. The highest BCUT2D eigenvalue weighted by Gasteiger charge is 2.36. The van der Waals surface area contributed by atoms with Gasteiger partial charge in [0.1, 0.15) is 16.6 Å². The molecule has 5 heteroatoms. The second-order valence-electron chi connectivity index (χ2n) is 5.31. The monoisotopic (exact) mass is 297 g/mol. The number of piperidine rings is 1. The maximum Gasteiger partial charge on any atom is 0.237 e. The first-order valence-corrected chi connectivity index (χ1v) is 7.10. The summed E-state index contributed by atoms with van der Waals surface area (Å²) in [5.74, 6) is -1.72. The molecule has 1 saturated heterocycles. The van der Waals surface area contributed by atoms with Crippen LogP contribution >= 0.6 is 11.6 Å². The molecule has 1 aliphatic rings. The van der Waals surface area contributed by atoms with Crippen molar-refractivity contribution in [1.29, 1.82) is 0 Å². The number of hydrogen-bond donors (Lipinski definition) is 0. The van der Waals surface area contributed by atoms with Gasteiger partial charge in [0.2, 0.25) is 5.91 Å². The minimum absolute atomic E-state index is 0.0628. The van der Waals surface area contributed by atoms with Crippen LogP contribution in [0.15, 0.2) is 18.2 Å². The highest BCUT2D eigenvalue weighted by molar-refractivity contribution is 6.34. The van der Waals surface area contributed by atoms with Gasteiger partial charge < -0.3 is 4.90 Å². The number of amides is 1. The number of carbonyl (C=O) groups excluding carboxylic acids is 2. The second-order valence-corrected chi connectivity index (χ2v) is 5.69. The zero-order chi connectivity index (χ0) is 14.9. The molecular formula is C15H17ClFNO2. The van der Waals surface area contributed by atoms with Gasteiger partial charge >= 0.3 is 0 Å². The number of anilines is 1. The molecule has 0 radical (unpaired) electrons. The van der Waals surface area contributed by atoms with E-state index in [0.29, 0.717) is 25.1 Å². The van der Waals surface area contributed by atoms with Gasteiger partial charge in [0.05, 0.1) is 11.6 Å². The molecule has 3 nitrogen and oxygen atoms in total. The van der Waals surface area contributed by atoms with Crippen LogP contribution in [0.5, 0.6) is 0 Å². The molecule has 0 aliphatic carbocycles. The third kappa shape index (κ3) is 2.70. The van der Waals surface area contributed by atoms with Crippen molar-refractivity contribution in [2.24, 2.45) is 11.8 Å². The Kier molecular flexibility index (Phi) is 4.43. The lowest BCUT2D eigenvalue weighted by Crippen LogP contribution is -2.45. The van der Waals surface area contributed by atoms with Crippen molar-refractivity contribution in [3.05, 3.63) is 29.0 Å². The van der Waals surface area contributed by atoms with E-state index in [9.17, 15) is 14.0 Å². The molecule has 0 unspecified atom stereocenters. The van der Waals surface area contributed by atoms with Crippen LogP contribution in [0.2, 0.25) is 5.02 Å². The van der Waals surface area contributed by atoms with Gasteiger partial charge in [-0.3, -0.25) is 9.59 Å². The molecule has 2 rings (SSSR count). The van der Waals surface area contributed by atoms with Gasteiger partial charge in [0.15, 0.2) is 0 Å². The van der Waals surface area contributed by atoms with Gasteiger partial charge in [-0.1, -0.05) is 31.5 Å². The van der Waals surface area contributed by atoms with E-state index in [1.807, 2.05) is 0 Å². The Bertz CT molecular complexity index is 545. The number of ketones is 1. The molecule has 1 aromatic carbocycles. The predicted molar refractivity (Wildman–Crippen MR) is 76.3 cm³/mol. The van der Waals surface area contributed by atoms with Gasteiger partial charge in [-0.25, -0.2) is 4.39 Å². The third-order valence-electron chi connectivity index (χ3n) is 3.57. The van der Waals surface area contributed by atoms with Gasteiger partial charge in [0, 0.05) is 12.5 Å². The molecule has 0 aromatic heterocycles. The van der Waals surface area contributed by atoms with Crippen LogP contribution in [0.25, 0.3) is 0 Å².